The first kappa shape index (κ1) is 19.8. The first-order valence-electron chi connectivity index (χ1n) is 8.61. The lowest BCUT2D eigenvalue weighted by molar-refractivity contribution is -0.150. The lowest BCUT2D eigenvalue weighted by atomic mass is 9.89. The summed E-state index contributed by atoms with van der Waals surface area (Å²) in [6, 6.07) is 6.73. The van der Waals surface area contributed by atoms with E-state index in [2.05, 4.69) is 17.2 Å². The van der Waals surface area contributed by atoms with Gasteiger partial charge in [-0.2, -0.15) is 0 Å². The highest BCUT2D eigenvalue weighted by molar-refractivity contribution is 5.85. The lowest BCUT2D eigenvalue weighted by Gasteiger charge is -2.33. The molecule has 0 unspecified atom stereocenters. The van der Waals surface area contributed by atoms with Gasteiger partial charge in [0.05, 0.1) is 18.8 Å². The Bertz CT molecular complexity index is 655. The smallest absolute Gasteiger partial charge is 0.319 e. The van der Waals surface area contributed by atoms with E-state index >= 15 is 0 Å². The van der Waals surface area contributed by atoms with E-state index in [4.69, 9.17) is 9.47 Å². The molecular formula is C19H27N3O4. The number of hydrogen-bond acceptors (Lipinski definition) is 5. The van der Waals surface area contributed by atoms with Crippen LogP contribution in [0.3, 0.4) is 0 Å². The summed E-state index contributed by atoms with van der Waals surface area (Å²) in [7, 11) is 3.89. The van der Waals surface area contributed by atoms with Crippen molar-refractivity contribution in [1.29, 1.82) is 0 Å². The van der Waals surface area contributed by atoms with Crippen molar-refractivity contribution in [2.24, 2.45) is 5.92 Å². The zero-order chi connectivity index (χ0) is 19.3. The molecule has 0 radical (unpaired) electrons. The maximum absolute atomic E-state index is 12.6. The number of nitrogens with zero attached hydrogens (tertiary/aromatic N) is 1. The number of hydrogen-bond donors (Lipinski definition) is 2. The molecule has 0 aromatic heterocycles. The molecule has 1 aromatic rings. The van der Waals surface area contributed by atoms with E-state index in [1.165, 1.54) is 0 Å². The van der Waals surface area contributed by atoms with Gasteiger partial charge in [-0.25, -0.2) is 4.79 Å². The lowest BCUT2D eigenvalue weighted by Crippen LogP contribution is -2.51. The molecule has 0 spiro atoms. The van der Waals surface area contributed by atoms with Gasteiger partial charge in [0, 0.05) is 25.5 Å². The fourth-order valence-electron chi connectivity index (χ4n) is 2.74. The van der Waals surface area contributed by atoms with E-state index in [1.54, 1.807) is 0 Å². The third kappa shape index (κ3) is 4.98. The summed E-state index contributed by atoms with van der Waals surface area (Å²) in [6.45, 7) is 8.14. The Hall–Kier alpha value is -2.54. The minimum atomic E-state index is -0.711. The average molecular weight is 361 g/mol. The summed E-state index contributed by atoms with van der Waals surface area (Å²) in [5.74, 6) is -1.16. The minimum Gasteiger partial charge on any atom is -0.463 e. The molecule has 2 atom stereocenters. The standard InChI is InChI=1S/C19H27N3O4/c1-12(2)25-10-11-26-18(23)16-13(3)20-19(24)21-17(16)14-6-8-15(9-7-14)22(4)5/h6-9,12,16-17H,3,10-11H2,1-2,4-5H3,(H2,20,21,24)/t16-,17-/m1/s1. The van der Waals surface area contributed by atoms with Gasteiger partial charge in [-0.15, -0.1) is 0 Å². The van der Waals surface area contributed by atoms with Crippen molar-refractivity contribution < 1.29 is 19.1 Å². The van der Waals surface area contributed by atoms with Crippen molar-refractivity contribution in [2.45, 2.75) is 26.0 Å². The highest BCUT2D eigenvalue weighted by Crippen LogP contribution is 2.31. The molecule has 2 N–H and O–H groups in total. The maximum atomic E-state index is 12.6. The summed E-state index contributed by atoms with van der Waals surface area (Å²) in [5.41, 5.74) is 2.16. The predicted molar refractivity (Wildman–Crippen MR) is 99.9 cm³/mol. The number of rotatable bonds is 7. The van der Waals surface area contributed by atoms with E-state index in [0.29, 0.717) is 12.3 Å². The van der Waals surface area contributed by atoms with Crippen molar-refractivity contribution in [3.63, 3.8) is 0 Å². The summed E-state index contributed by atoms with van der Waals surface area (Å²) >= 11 is 0. The van der Waals surface area contributed by atoms with Crippen LogP contribution in [0.1, 0.15) is 25.5 Å². The van der Waals surface area contributed by atoms with Crippen LogP contribution in [0.25, 0.3) is 0 Å². The second-order valence-electron chi connectivity index (χ2n) is 6.65. The third-order valence-corrected chi connectivity index (χ3v) is 4.07. The molecule has 1 aliphatic rings. The second kappa shape index (κ2) is 8.71. The van der Waals surface area contributed by atoms with Gasteiger partial charge in [0.1, 0.15) is 12.5 Å². The molecule has 1 heterocycles. The van der Waals surface area contributed by atoms with Crippen molar-refractivity contribution in [1.82, 2.24) is 10.6 Å². The summed E-state index contributed by atoms with van der Waals surface area (Å²) in [6.07, 6.45) is 0.0715. The van der Waals surface area contributed by atoms with E-state index < -0.39 is 17.9 Å². The van der Waals surface area contributed by atoms with Crippen LogP contribution in [0.5, 0.6) is 0 Å². The molecular weight excluding hydrogens is 334 g/mol. The van der Waals surface area contributed by atoms with Gasteiger partial charge in [0.2, 0.25) is 0 Å². The van der Waals surface area contributed by atoms with Gasteiger partial charge < -0.3 is 25.0 Å². The third-order valence-electron chi connectivity index (χ3n) is 4.07. The van der Waals surface area contributed by atoms with Crippen LogP contribution >= 0.6 is 0 Å². The van der Waals surface area contributed by atoms with Gasteiger partial charge in [0.15, 0.2) is 0 Å². The van der Waals surface area contributed by atoms with Crippen LogP contribution in [-0.4, -0.2) is 45.4 Å². The summed E-state index contributed by atoms with van der Waals surface area (Å²) in [5, 5.41) is 5.36. The Morgan fingerprint density at radius 3 is 2.46 bits per heavy atom. The van der Waals surface area contributed by atoms with Crippen LogP contribution < -0.4 is 15.5 Å². The van der Waals surface area contributed by atoms with Gasteiger partial charge in [-0.3, -0.25) is 4.79 Å². The summed E-state index contributed by atoms with van der Waals surface area (Å²) in [4.78, 5) is 26.4. The molecule has 2 rings (SSSR count). The predicted octanol–water partition coefficient (Wildman–Crippen LogP) is 2.20. The monoisotopic (exact) mass is 361 g/mol. The number of esters is 1. The Labute approximate surface area is 154 Å². The quantitative estimate of drug-likeness (QED) is 0.575. The van der Waals surface area contributed by atoms with Crippen LogP contribution in [0, 0.1) is 5.92 Å². The van der Waals surface area contributed by atoms with Crippen molar-refractivity contribution in [3.05, 3.63) is 42.1 Å². The molecule has 1 fully saturated rings. The molecule has 0 bridgehead atoms. The zero-order valence-corrected chi connectivity index (χ0v) is 15.7. The maximum Gasteiger partial charge on any atom is 0.319 e. The first-order chi connectivity index (χ1) is 12.3. The molecule has 7 nitrogen and oxygen atoms in total. The fourth-order valence-corrected chi connectivity index (χ4v) is 2.74. The second-order valence-corrected chi connectivity index (χ2v) is 6.65. The molecule has 2 amide bonds. The molecule has 1 aliphatic heterocycles. The normalized spacial score (nSPS) is 19.7. The highest BCUT2D eigenvalue weighted by atomic mass is 16.6. The Morgan fingerprint density at radius 2 is 1.88 bits per heavy atom. The Morgan fingerprint density at radius 1 is 1.23 bits per heavy atom. The first-order valence-corrected chi connectivity index (χ1v) is 8.61. The van der Waals surface area contributed by atoms with E-state index in [0.717, 1.165) is 11.3 Å². The Kier molecular flexibility index (Phi) is 6.63. The average Bonchev–Trinajstić information content (AvgIpc) is 2.57. The van der Waals surface area contributed by atoms with Gasteiger partial charge in [-0.05, 0) is 31.5 Å². The van der Waals surface area contributed by atoms with Gasteiger partial charge in [-0.1, -0.05) is 18.7 Å². The topological polar surface area (TPSA) is 79.9 Å². The van der Waals surface area contributed by atoms with Crippen molar-refractivity contribution >= 4 is 17.7 Å². The van der Waals surface area contributed by atoms with Crippen molar-refractivity contribution in [2.75, 3.05) is 32.2 Å². The Balaban J connectivity index is 2.13. The summed E-state index contributed by atoms with van der Waals surface area (Å²) < 4.78 is 10.7. The number of benzene rings is 1. The minimum absolute atomic E-state index is 0.0715. The number of carbonyl (C=O) groups is 2. The molecule has 26 heavy (non-hydrogen) atoms. The van der Waals surface area contributed by atoms with Crippen LogP contribution in [0.15, 0.2) is 36.5 Å². The number of anilines is 1. The zero-order valence-electron chi connectivity index (χ0n) is 15.7. The number of urea groups is 1. The fraction of sp³-hybridized carbons (Fsp3) is 0.474. The number of amides is 2. The largest absolute Gasteiger partial charge is 0.463 e. The van der Waals surface area contributed by atoms with Gasteiger partial charge >= 0.3 is 12.0 Å². The molecule has 1 aromatic carbocycles. The molecule has 0 saturated carbocycles. The number of ether oxygens (including phenoxy) is 2. The van der Waals surface area contributed by atoms with E-state index in [-0.39, 0.29) is 18.7 Å². The highest BCUT2D eigenvalue weighted by Gasteiger charge is 2.38. The molecule has 1 saturated heterocycles. The number of carbonyl (C=O) groups excluding carboxylic acids is 2. The van der Waals surface area contributed by atoms with Crippen LogP contribution in [0.4, 0.5) is 10.5 Å². The molecule has 0 aliphatic carbocycles. The van der Waals surface area contributed by atoms with Crippen LogP contribution in [-0.2, 0) is 14.3 Å². The SMILES string of the molecule is C=C1NC(=O)N[C@H](c2ccc(N(C)C)cc2)[C@@H]1C(=O)OCCOC(C)C. The van der Waals surface area contributed by atoms with Crippen LogP contribution in [0.2, 0.25) is 0 Å². The van der Waals surface area contributed by atoms with E-state index in [9.17, 15) is 9.59 Å². The van der Waals surface area contributed by atoms with Crippen molar-refractivity contribution in [3.8, 4) is 0 Å². The van der Waals surface area contributed by atoms with Gasteiger partial charge in [0.25, 0.3) is 0 Å². The molecule has 7 heteroatoms. The van der Waals surface area contributed by atoms with E-state index in [1.807, 2.05) is 57.1 Å². The molecule has 142 valence electrons. The number of nitrogens with one attached hydrogen (secondary N) is 2.